The van der Waals surface area contributed by atoms with Gasteiger partial charge in [-0.05, 0) is 37.6 Å². The molecule has 0 aliphatic carbocycles. The van der Waals surface area contributed by atoms with Gasteiger partial charge in [-0.2, -0.15) is 5.10 Å². The Morgan fingerprint density at radius 1 is 1.33 bits per heavy atom. The molecule has 2 N–H and O–H groups in total. The molecule has 114 valence electrons. The van der Waals surface area contributed by atoms with Crippen molar-refractivity contribution in [1.82, 2.24) is 9.78 Å². The summed E-state index contributed by atoms with van der Waals surface area (Å²) in [6.07, 6.45) is -4.72. The Labute approximate surface area is 120 Å². The first kappa shape index (κ1) is 15.4. The summed E-state index contributed by atoms with van der Waals surface area (Å²) >= 11 is 0. The van der Waals surface area contributed by atoms with E-state index in [0.717, 1.165) is 11.4 Å². The van der Waals surface area contributed by atoms with E-state index in [1.165, 1.54) is 18.2 Å². The zero-order valence-corrected chi connectivity index (χ0v) is 11.7. The highest BCUT2D eigenvalue weighted by atomic mass is 19.4. The summed E-state index contributed by atoms with van der Waals surface area (Å²) in [5.74, 6) is -0.283. The van der Waals surface area contributed by atoms with E-state index in [9.17, 15) is 13.2 Å². The van der Waals surface area contributed by atoms with Crippen LogP contribution in [0.5, 0.6) is 5.75 Å². The van der Waals surface area contributed by atoms with Crippen LogP contribution in [0, 0.1) is 6.92 Å². The summed E-state index contributed by atoms with van der Waals surface area (Å²) in [6.45, 7) is 4.40. The third-order valence-corrected chi connectivity index (χ3v) is 3.00. The number of nitrogens with two attached hydrogens (primary N) is 1. The van der Waals surface area contributed by atoms with Crippen LogP contribution < -0.4 is 10.5 Å². The fraction of sp³-hybridized carbons (Fsp3) is 0.357. The first-order valence-electron chi connectivity index (χ1n) is 6.46. The van der Waals surface area contributed by atoms with Gasteiger partial charge in [0.05, 0.1) is 17.4 Å². The van der Waals surface area contributed by atoms with E-state index in [1.807, 2.05) is 19.9 Å². The normalized spacial score (nSPS) is 13.2. The molecule has 2 rings (SSSR count). The van der Waals surface area contributed by atoms with Gasteiger partial charge in [0.25, 0.3) is 0 Å². The second-order valence-corrected chi connectivity index (χ2v) is 4.62. The highest BCUT2D eigenvalue weighted by Gasteiger charge is 2.31. The number of benzene rings is 1. The van der Waals surface area contributed by atoms with E-state index in [0.29, 0.717) is 12.1 Å². The van der Waals surface area contributed by atoms with E-state index in [-0.39, 0.29) is 5.75 Å². The molecule has 0 saturated heterocycles. The maximum atomic E-state index is 12.3. The van der Waals surface area contributed by atoms with Crippen molar-refractivity contribution < 1.29 is 17.9 Å². The Morgan fingerprint density at radius 2 is 2.05 bits per heavy atom. The van der Waals surface area contributed by atoms with Crippen molar-refractivity contribution in [3.63, 3.8) is 0 Å². The summed E-state index contributed by atoms with van der Waals surface area (Å²) < 4.78 is 42.4. The van der Waals surface area contributed by atoms with Crippen molar-refractivity contribution in [3.8, 4) is 5.75 Å². The molecule has 0 spiro atoms. The van der Waals surface area contributed by atoms with Crippen molar-refractivity contribution in [2.24, 2.45) is 5.73 Å². The monoisotopic (exact) mass is 299 g/mol. The SMILES string of the molecule is CCn1nc(C)cc1C(N)c1cccc(OC(F)(F)F)c1. The summed E-state index contributed by atoms with van der Waals surface area (Å²) in [6, 6.07) is 6.94. The minimum absolute atomic E-state index is 0.283. The van der Waals surface area contributed by atoms with Crippen LogP contribution >= 0.6 is 0 Å². The Hall–Kier alpha value is -2.02. The topological polar surface area (TPSA) is 53.1 Å². The second kappa shape index (κ2) is 5.77. The van der Waals surface area contributed by atoms with Crippen LogP contribution in [-0.4, -0.2) is 16.1 Å². The van der Waals surface area contributed by atoms with Gasteiger partial charge in [-0.3, -0.25) is 4.68 Å². The van der Waals surface area contributed by atoms with Crippen LogP contribution in [0.3, 0.4) is 0 Å². The van der Waals surface area contributed by atoms with Crippen LogP contribution in [0.25, 0.3) is 0 Å². The van der Waals surface area contributed by atoms with Gasteiger partial charge in [-0.1, -0.05) is 12.1 Å². The number of halogens is 3. The van der Waals surface area contributed by atoms with Crippen LogP contribution in [0.1, 0.15) is 29.9 Å². The maximum absolute atomic E-state index is 12.3. The minimum atomic E-state index is -4.72. The van der Waals surface area contributed by atoms with Crippen LogP contribution in [-0.2, 0) is 6.54 Å². The van der Waals surface area contributed by atoms with E-state index in [4.69, 9.17) is 5.73 Å². The molecule has 0 radical (unpaired) electrons. The van der Waals surface area contributed by atoms with Crippen molar-refractivity contribution in [2.75, 3.05) is 0 Å². The molecule has 1 aromatic carbocycles. The van der Waals surface area contributed by atoms with Crippen molar-refractivity contribution in [3.05, 3.63) is 47.3 Å². The highest BCUT2D eigenvalue weighted by Crippen LogP contribution is 2.27. The molecule has 0 saturated carbocycles. The third-order valence-electron chi connectivity index (χ3n) is 3.00. The van der Waals surface area contributed by atoms with Gasteiger partial charge in [-0.15, -0.1) is 13.2 Å². The molecule has 0 aliphatic rings. The molecule has 4 nitrogen and oxygen atoms in total. The van der Waals surface area contributed by atoms with Gasteiger partial charge in [0.2, 0.25) is 0 Å². The summed E-state index contributed by atoms with van der Waals surface area (Å²) in [7, 11) is 0. The maximum Gasteiger partial charge on any atom is 0.573 e. The van der Waals surface area contributed by atoms with E-state index in [1.54, 1.807) is 10.7 Å². The van der Waals surface area contributed by atoms with E-state index >= 15 is 0 Å². The van der Waals surface area contributed by atoms with Gasteiger partial charge in [-0.25, -0.2) is 0 Å². The lowest BCUT2D eigenvalue weighted by molar-refractivity contribution is -0.274. The average molecular weight is 299 g/mol. The van der Waals surface area contributed by atoms with Crippen molar-refractivity contribution in [1.29, 1.82) is 0 Å². The number of hydrogen-bond acceptors (Lipinski definition) is 3. The number of aryl methyl sites for hydroxylation is 2. The predicted octanol–water partition coefficient (Wildman–Crippen LogP) is 3.16. The first-order valence-corrected chi connectivity index (χ1v) is 6.46. The smallest absolute Gasteiger partial charge is 0.406 e. The molecule has 1 aromatic heterocycles. The Morgan fingerprint density at radius 3 is 2.67 bits per heavy atom. The van der Waals surface area contributed by atoms with Gasteiger partial charge < -0.3 is 10.5 Å². The van der Waals surface area contributed by atoms with E-state index < -0.39 is 12.4 Å². The van der Waals surface area contributed by atoms with Crippen LogP contribution in [0.2, 0.25) is 0 Å². The number of hydrogen-bond donors (Lipinski definition) is 1. The molecular formula is C14H16F3N3O. The molecule has 1 unspecified atom stereocenters. The van der Waals surface area contributed by atoms with Gasteiger partial charge in [0.15, 0.2) is 0 Å². The van der Waals surface area contributed by atoms with Crippen LogP contribution in [0.4, 0.5) is 13.2 Å². The summed E-state index contributed by atoms with van der Waals surface area (Å²) in [4.78, 5) is 0. The molecule has 0 bridgehead atoms. The minimum Gasteiger partial charge on any atom is -0.406 e. The quantitative estimate of drug-likeness (QED) is 0.943. The van der Waals surface area contributed by atoms with Crippen LogP contribution in [0.15, 0.2) is 30.3 Å². The standard InChI is InChI=1S/C14H16F3N3O/c1-3-20-12(7-9(2)19-20)13(18)10-5-4-6-11(8-10)21-14(15,16)17/h4-8,13H,3,18H2,1-2H3. The average Bonchev–Trinajstić information content (AvgIpc) is 2.77. The van der Waals surface area contributed by atoms with Gasteiger partial charge in [0.1, 0.15) is 5.75 Å². The zero-order chi connectivity index (χ0) is 15.6. The van der Waals surface area contributed by atoms with Gasteiger partial charge in [0, 0.05) is 6.54 Å². The number of alkyl halides is 3. The Kier molecular flexibility index (Phi) is 4.22. The largest absolute Gasteiger partial charge is 0.573 e. The molecule has 0 aliphatic heterocycles. The number of ether oxygens (including phenoxy) is 1. The summed E-state index contributed by atoms with van der Waals surface area (Å²) in [5, 5.41) is 4.28. The molecule has 2 aromatic rings. The fourth-order valence-electron chi connectivity index (χ4n) is 2.15. The Bertz CT molecular complexity index is 622. The highest BCUT2D eigenvalue weighted by molar-refractivity contribution is 5.35. The van der Waals surface area contributed by atoms with Gasteiger partial charge >= 0.3 is 6.36 Å². The molecular weight excluding hydrogens is 283 g/mol. The number of nitrogens with zero attached hydrogens (tertiary/aromatic N) is 2. The fourth-order valence-corrected chi connectivity index (χ4v) is 2.15. The molecule has 1 heterocycles. The number of aromatic nitrogens is 2. The third kappa shape index (κ3) is 3.75. The molecule has 21 heavy (non-hydrogen) atoms. The number of rotatable bonds is 4. The second-order valence-electron chi connectivity index (χ2n) is 4.62. The molecule has 1 atom stereocenters. The van der Waals surface area contributed by atoms with Crippen molar-refractivity contribution in [2.45, 2.75) is 32.8 Å². The lowest BCUT2D eigenvalue weighted by Crippen LogP contribution is -2.19. The Balaban J connectivity index is 2.30. The lowest BCUT2D eigenvalue weighted by atomic mass is 10.0. The zero-order valence-electron chi connectivity index (χ0n) is 11.7. The first-order chi connectivity index (χ1) is 9.80. The predicted molar refractivity (Wildman–Crippen MR) is 71.8 cm³/mol. The lowest BCUT2D eigenvalue weighted by Gasteiger charge is -2.15. The molecule has 0 amide bonds. The molecule has 0 fully saturated rings. The van der Waals surface area contributed by atoms with E-state index in [2.05, 4.69) is 9.84 Å². The molecule has 7 heteroatoms. The summed E-state index contributed by atoms with van der Waals surface area (Å²) in [5.41, 5.74) is 8.23. The van der Waals surface area contributed by atoms with Crippen molar-refractivity contribution >= 4 is 0 Å².